The Labute approximate surface area is 94.7 Å². The fraction of sp³-hybridized carbons (Fsp3) is 0.333. The molecule has 0 spiro atoms. The van der Waals surface area contributed by atoms with Gasteiger partial charge in [-0.25, -0.2) is 0 Å². The Morgan fingerprint density at radius 1 is 1.31 bits per heavy atom. The maximum Gasteiger partial charge on any atom is 0.269 e. The van der Waals surface area contributed by atoms with Crippen LogP contribution in [0.1, 0.15) is 18.4 Å². The first-order valence-corrected chi connectivity index (χ1v) is 5.20. The van der Waals surface area contributed by atoms with Crippen LogP contribution in [0.4, 0.5) is 5.69 Å². The maximum absolute atomic E-state index is 10.4. The lowest BCUT2D eigenvalue weighted by molar-refractivity contribution is -0.384. The molecule has 0 aliphatic heterocycles. The minimum Gasteiger partial charge on any atom is -0.502 e. The largest absolute Gasteiger partial charge is 0.502 e. The van der Waals surface area contributed by atoms with E-state index in [-0.39, 0.29) is 10.6 Å². The topological polar surface area (TPSA) is 52.4 Å². The number of non-ortho nitro benzene ring substituents is 1. The summed E-state index contributed by atoms with van der Waals surface area (Å²) in [6, 6.07) is 6.67. The highest BCUT2D eigenvalue weighted by atomic mass is 16.6. The average Bonchev–Trinajstić information content (AvgIpc) is 2.29. The molecule has 0 aliphatic rings. The van der Waals surface area contributed by atoms with Crippen LogP contribution in [0.25, 0.3) is 0 Å². The van der Waals surface area contributed by atoms with Crippen molar-refractivity contribution in [1.29, 1.82) is 0 Å². The van der Waals surface area contributed by atoms with Crippen LogP contribution >= 0.6 is 0 Å². The molecule has 0 aliphatic carbocycles. The van der Waals surface area contributed by atoms with Gasteiger partial charge in [-0.05, 0) is 24.8 Å². The Kier molecular flexibility index (Phi) is 5.05. The Morgan fingerprint density at radius 3 is 2.56 bits per heavy atom. The number of nitro benzene ring substituents is 1. The van der Waals surface area contributed by atoms with Crippen LogP contribution in [0.5, 0.6) is 0 Å². The van der Waals surface area contributed by atoms with Crippen LogP contribution in [0.2, 0.25) is 0 Å². The molecule has 0 unspecified atom stereocenters. The lowest BCUT2D eigenvalue weighted by Crippen LogP contribution is -1.92. The van der Waals surface area contributed by atoms with Crippen LogP contribution in [0.3, 0.4) is 0 Å². The van der Waals surface area contributed by atoms with Crippen molar-refractivity contribution in [2.45, 2.75) is 19.3 Å². The third-order valence-corrected chi connectivity index (χ3v) is 2.24. The van der Waals surface area contributed by atoms with Gasteiger partial charge in [-0.15, -0.1) is 0 Å². The van der Waals surface area contributed by atoms with E-state index in [4.69, 9.17) is 4.74 Å². The Balaban J connectivity index is 2.32. The number of benzene rings is 1. The molecule has 0 amide bonds. The number of hydrogen-bond donors (Lipinski definition) is 0. The molecule has 0 fully saturated rings. The zero-order chi connectivity index (χ0) is 11.8. The zero-order valence-electron chi connectivity index (χ0n) is 9.09. The number of hydrogen-bond acceptors (Lipinski definition) is 3. The molecule has 1 aromatic rings. The predicted octanol–water partition coefficient (Wildman–Crippen LogP) is 3.08. The molecular formula is C12H15NO3. The van der Waals surface area contributed by atoms with Crippen molar-refractivity contribution in [3.63, 3.8) is 0 Å². The Morgan fingerprint density at radius 2 is 2.00 bits per heavy atom. The minimum atomic E-state index is -0.387. The van der Waals surface area contributed by atoms with Crippen LogP contribution in [-0.2, 0) is 11.2 Å². The first-order chi connectivity index (χ1) is 7.74. The summed E-state index contributed by atoms with van der Waals surface area (Å²) in [5, 5.41) is 10.4. The highest BCUT2D eigenvalue weighted by Gasteiger charge is 2.03. The van der Waals surface area contributed by atoms with Gasteiger partial charge in [-0.2, -0.15) is 0 Å². The van der Waals surface area contributed by atoms with Crippen LogP contribution in [-0.4, -0.2) is 11.5 Å². The highest BCUT2D eigenvalue weighted by molar-refractivity contribution is 5.32. The van der Waals surface area contributed by atoms with E-state index in [0.717, 1.165) is 24.8 Å². The van der Waals surface area contributed by atoms with E-state index in [1.165, 1.54) is 18.4 Å². The average molecular weight is 221 g/mol. The third kappa shape index (κ3) is 4.13. The molecule has 0 bridgehead atoms. The summed E-state index contributed by atoms with van der Waals surface area (Å²) >= 11 is 0. The predicted molar refractivity (Wildman–Crippen MR) is 62.2 cm³/mol. The molecule has 1 rings (SSSR count). The number of rotatable bonds is 7. The van der Waals surface area contributed by atoms with Gasteiger partial charge in [0.25, 0.3) is 5.69 Å². The molecule has 1 aromatic carbocycles. The lowest BCUT2D eigenvalue weighted by atomic mass is 10.1. The van der Waals surface area contributed by atoms with E-state index in [9.17, 15) is 10.1 Å². The highest BCUT2D eigenvalue weighted by Crippen LogP contribution is 2.13. The molecule has 0 N–H and O–H groups in total. The van der Waals surface area contributed by atoms with Crippen LogP contribution in [0.15, 0.2) is 37.1 Å². The molecule has 16 heavy (non-hydrogen) atoms. The standard InChI is InChI=1S/C12H15NO3/c1-2-16-10-4-3-5-11-6-8-12(9-7-11)13(14)15/h2,6-9H,1,3-5,10H2. The van der Waals surface area contributed by atoms with Gasteiger partial charge in [0.2, 0.25) is 0 Å². The van der Waals surface area contributed by atoms with Crippen LogP contribution < -0.4 is 0 Å². The third-order valence-electron chi connectivity index (χ3n) is 2.24. The molecule has 0 radical (unpaired) electrons. The number of nitro groups is 1. The van der Waals surface area contributed by atoms with Gasteiger partial charge < -0.3 is 4.74 Å². The van der Waals surface area contributed by atoms with E-state index in [1.807, 2.05) is 0 Å². The summed E-state index contributed by atoms with van der Waals surface area (Å²) in [5.41, 5.74) is 1.25. The van der Waals surface area contributed by atoms with Crippen molar-refractivity contribution < 1.29 is 9.66 Å². The molecule has 0 saturated carbocycles. The van der Waals surface area contributed by atoms with Crippen molar-refractivity contribution in [3.05, 3.63) is 52.8 Å². The summed E-state index contributed by atoms with van der Waals surface area (Å²) in [4.78, 5) is 10.0. The van der Waals surface area contributed by atoms with Crippen molar-refractivity contribution in [2.75, 3.05) is 6.61 Å². The quantitative estimate of drug-likeness (QED) is 0.308. The number of ether oxygens (including phenoxy) is 1. The second-order valence-electron chi connectivity index (χ2n) is 3.42. The Bertz CT molecular complexity index is 346. The van der Waals surface area contributed by atoms with Gasteiger partial charge in [0.05, 0.1) is 17.8 Å². The molecule has 0 heterocycles. The molecule has 4 nitrogen and oxygen atoms in total. The second kappa shape index (κ2) is 6.61. The Hall–Kier alpha value is -1.84. The van der Waals surface area contributed by atoms with Crippen molar-refractivity contribution in [2.24, 2.45) is 0 Å². The lowest BCUT2D eigenvalue weighted by Gasteiger charge is -2.01. The SMILES string of the molecule is C=COCCCCc1ccc([N+](=O)[O-])cc1. The summed E-state index contributed by atoms with van der Waals surface area (Å²) < 4.78 is 5.00. The van der Waals surface area contributed by atoms with Gasteiger partial charge >= 0.3 is 0 Å². The van der Waals surface area contributed by atoms with Gasteiger partial charge in [-0.1, -0.05) is 18.7 Å². The first kappa shape index (κ1) is 12.2. The molecule has 0 aromatic heterocycles. The summed E-state index contributed by atoms with van der Waals surface area (Å²) in [7, 11) is 0. The van der Waals surface area contributed by atoms with Gasteiger partial charge in [0, 0.05) is 12.1 Å². The molecule has 0 saturated heterocycles. The van der Waals surface area contributed by atoms with Crippen molar-refractivity contribution in [3.8, 4) is 0 Å². The number of nitrogens with zero attached hydrogens (tertiary/aromatic N) is 1. The number of unbranched alkanes of at least 4 members (excludes halogenated alkanes) is 1. The normalized spacial score (nSPS) is 9.75. The fourth-order valence-electron chi connectivity index (χ4n) is 1.38. The fourth-order valence-corrected chi connectivity index (χ4v) is 1.38. The summed E-state index contributed by atoms with van der Waals surface area (Å²) in [6.45, 7) is 4.13. The molecule has 4 heteroatoms. The van der Waals surface area contributed by atoms with Crippen LogP contribution in [0, 0.1) is 10.1 Å². The second-order valence-corrected chi connectivity index (χ2v) is 3.42. The summed E-state index contributed by atoms with van der Waals surface area (Å²) in [5.74, 6) is 0. The monoisotopic (exact) mass is 221 g/mol. The molecule has 0 atom stereocenters. The molecule has 86 valence electrons. The van der Waals surface area contributed by atoms with Gasteiger partial charge in [0.1, 0.15) is 0 Å². The summed E-state index contributed by atoms with van der Waals surface area (Å²) in [6.07, 6.45) is 4.32. The van der Waals surface area contributed by atoms with E-state index in [0.29, 0.717) is 6.61 Å². The zero-order valence-corrected chi connectivity index (χ0v) is 9.09. The van der Waals surface area contributed by atoms with Gasteiger partial charge in [-0.3, -0.25) is 10.1 Å². The van der Waals surface area contributed by atoms with Gasteiger partial charge in [0.15, 0.2) is 0 Å². The number of aryl methyl sites for hydroxylation is 1. The first-order valence-electron chi connectivity index (χ1n) is 5.20. The maximum atomic E-state index is 10.4. The van der Waals surface area contributed by atoms with Crippen molar-refractivity contribution >= 4 is 5.69 Å². The minimum absolute atomic E-state index is 0.138. The van der Waals surface area contributed by atoms with E-state index in [1.54, 1.807) is 12.1 Å². The smallest absolute Gasteiger partial charge is 0.269 e. The van der Waals surface area contributed by atoms with E-state index in [2.05, 4.69) is 6.58 Å². The van der Waals surface area contributed by atoms with Crippen molar-refractivity contribution in [1.82, 2.24) is 0 Å². The van der Waals surface area contributed by atoms with E-state index >= 15 is 0 Å². The molecular weight excluding hydrogens is 206 g/mol. The van der Waals surface area contributed by atoms with E-state index < -0.39 is 0 Å².